The van der Waals surface area contributed by atoms with Crippen LogP contribution in [0.25, 0.3) is 16.8 Å². The first-order chi connectivity index (χ1) is 16.3. The molecular formula is C20H19N9O5. The molecule has 14 nitrogen and oxygen atoms in total. The Morgan fingerprint density at radius 1 is 1.06 bits per heavy atom. The number of carbonyl (C=O) groups is 3. The highest BCUT2D eigenvalue weighted by Gasteiger charge is 2.21. The van der Waals surface area contributed by atoms with E-state index in [1.807, 2.05) is 0 Å². The summed E-state index contributed by atoms with van der Waals surface area (Å²) in [6.07, 6.45) is -0.584. The van der Waals surface area contributed by atoms with E-state index in [0.29, 0.717) is 29.0 Å². The Kier molecular flexibility index (Phi) is 6.11. The van der Waals surface area contributed by atoms with Gasteiger partial charge in [0.1, 0.15) is 11.6 Å². The number of pyridine rings is 1. The van der Waals surface area contributed by atoms with Gasteiger partial charge < -0.3 is 26.6 Å². The number of carboxylic acid groups (broad SMARTS) is 2. The summed E-state index contributed by atoms with van der Waals surface area (Å²) >= 11 is 0. The van der Waals surface area contributed by atoms with E-state index in [9.17, 15) is 19.5 Å². The van der Waals surface area contributed by atoms with E-state index in [0.717, 1.165) is 0 Å². The Morgan fingerprint density at radius 3 is 2.53 bits per heavy atom. The Balaban J connectivity index is 1.40. The number of nitrogens with one attached hydrogen (secondary N) is 2. The fourth-order valence-corrected chi connectivity index (χ4v) is 3.18. The smallest absolute Gasteiger partial charge is 0.326 e. The van der Waals surface area contributed by atoms with Crippen molar-refractivity contribution in [2.45, 2.75) is 25.4 Å². The Morgan fingerprint density at radius 2 is 1.82 bits per heavy atom. The summed E-state index contributed by atoms with van der Waals surface area (Å²) in [6.45, 7) is 0.352. The van der Waals surface area contributed by atoms with Crippen molar-refractivity contribution in [3.05, 3.63) is 47.7 Å². The minimum absolute atomic E-state index is 0.215. The number of benzene rings is 1. The number of hydrogen-bond acceptors (Lipinski definition) is 10. The molecule has 0 fully saturated rings. The molecule has 1 unspecified atom stereocenters. The van der Waals surface area contributed by atoms with Crippen molar-refractivity contribution >= 4 is 46.2 Å². The summed E-state index contributed by atoms with van der Waals surface area (Å²) in [6, 6.07) is 8.62. The van der Waals surface area contributed by atoms with Crippen LogP contribution in [0.15, 0.2) is 36.4 Å². The summed E-state index contributed by atoms with van der Waals surface area (Å²) in [5, 5.41) is 34.5. The summed E-state index contributed by atoms with van der Waals surface area (Å²) in [7, 11) is 0. The lowest BCUT2D eigenvalue weighted by Gasteiger charge is -2.14. The van der Waals surface area contributed by atoms with Crippen LogP contribution in [0.5, 0.6) is 0 Å². The van der Waals surface area contributed by atoms with Gasteiger partial charge in [-0.05, 0) is 53.2 Å². The second kappa shape index (κ2) is 9.32. The molecule has 0 radical (unpaired) electrons. The number of anilines is 2. The van der Waals surface area contributed by atoms with Crippen LogP contribution in [-0.2, 0) is 16.1 Å². The highest BCUT2D eigenvalue weighted by Crippen LogP contribution is 2.19. The Bertz CT molecular complexity index is 1390. The number of tetrazole rings is 1. The van der Waals surface area contributed by atoms with Gasteiger partial charge >= 0.3 is 11.9 Å². The van der Waals surface area contributed by atoms with Crippen LogP contribution in [0.4, 0.5) is 11.5 Å². The van der Waals surface area contributed by atoms with Gasteiger partial charge in [-0.25, -0.2) is 14.8 Å². The predicted octanol–water partition coefficient (Wildman–Crippen LogP) is 0.310. The molecule has 14 heteroatoms. The Labute approximate surface area is 190 Å². The molecule has 34 heavy (non-hydrogen) atoms. The maximum atomic E-state index is 12.3. The van der Waals surface area contributed by atoms with Crippen LogP contribution < -0.4 is 16.4 Å². The minimum Gasteiger partial charge on any atom is -0.481 e. The van der Waals surface area contributed by atoms with Crippen LogP contribution in [0.2, 0.25) is 0 Å². The number of fused-ring (bicyclic) bond motifs is 2. The third kappa shape index (κ3) is 4.79. The van der Waals surface area contributed by atoms with Crippen molar-refractivity contribution in [3.63, 3.8) is 0 Å². The Hall–Kier alpha value is -4.88. The van der Waals surface area contributed by atoms with E-state index in [1.54, 1.807) is 24.3 Å². The molecule has 1 atom stereocenters. The van der Waals surface area contributed by atoms with Crippen LogP contribution in [0, 0.1) is 0 Å². The molecular weight excluding hydrogens is 446 g/mol. The average molecular weight is 465 g/mol. The van der Waals surface area contributed by atoms with Gasteiger partial charge in [0.15, 0.2) is 5.82 Å². The maximum Gasteiger partial charge on any atom is 0.326 e. The van der Waals surface area contributed by atoms with Gasteiger partial charge in [0.25, 0.3) is 11.7 Å². The molecule has 0 aliphatic carbocycles. The third-order valence-corrected chi connectivity index (χ3v) is 4.95. The number of hydrogen-bond donors (Lipinski definition) is 5. The van der Waals surface area contributed by atoms with Crippen molar-refractivity contribution in [3.8, 4) is 0 Å². The highest BCUT2D eigenvalue weighted by molar-refractivity contribution is 5.97. The summed E-state index contributed by atoms with van der Waals surface area (Å²) < 4.78 is 1.30. The lowest BCUT2D eigenvalue weighted by molar-refractivity contribution is -0.140. The van der Waals surface area contributed by atoms with E-state index >= 15 is 0 Å². The van der Waals surface area contributed by atoms with E-state index in [4.69, 9.17) is 10.8 Å². The van der Waals surface area contributed by atoms with Gasteiger partial charge in [-0.1, -0.05) is 5.10 Å². The zero-order valence-corrected chi connectivity index (χ0v) is 17.5. The molecule has 0 aliphatic rings. The number of carbonyl (C=O) groups excluding carboxylic acids is 1. The van der Waals surface area contributed by atoms with Crippen molar-refractivity contribution in [2.24, 2.45) is 0 Å². The summed E-state index contributed by atoms with van der Waals surface area (Å²) in [5.74, 6) is -2.51. The molecule has 1 amide bonds. The number of aliphatic carboxylic acids is 2. The van der Waals surface area contributed by atoms with Crippen molar-refractivity contribution in [1.82, 2.24) is 35.3 Å². The number of rotatable bonds is 9. The first-order valence-electron chi connectivity index (χ1n) is 10.0. The number of carboxylic acids is 2. The highest BCUT2D eigenvalue weighted by atomic mass is 16.4. The lowest BCUT2D eigenvalue weighted by atomic mass is 10.1. The normalized spacial score (nSPS) is 11.9. The van der Waals surface area contributed by atoms with Gasteiger partial charge in [0.05, 0.1) is 17.8 Å². The molecule has 3 aromatic heterocycles. The van der Waals surface area contributed by atoms with E-state index in [-0.39, 0.29) is 30.0 Å². The summed E-state index contributed by atoms with van der Waals surface area (Å²) in [5.41, 5.74) is 8.73. The SMILES string of the molecule is Nc1c2nc(CNc3ccc(C(=O)NC(CCC(=O)O)C(=O)O)cc3)ccc2nc2nnnn12. The first kappa shape index (κ1) is 22.3. The van der Waals surface area contributed by atoms with E-state index in [2.05, 4.69) is 36.1 Å². The largest absolute Gasteiger partial charge is 0.481 e. The molecule has 1 aromatic carbocycles. The van der Waals surface area contributed by atoms with Gasteiger partial charge in [0, 0.05) is 17.7 Å². The minimum atomic E-state index is -1.30. The molecule has 0 bridgehead atoms. The first-order valence-corrected chi connectivity index (χ1v) is 10.0. The third-order valence-electron chi connectivity index (χ3n) is 4.95. The van der Waals surface area contributed by atoms with E-state index < -0.39 is 23.9 Å². The van der Waals surface area contributed by atoms with Gasteiger partial charge in [-0.15, -0.1) is 0 Å². The molecule has 0 saturated carbocycles. The van der Waals surface area contributed by atoms with Crippen molar-refractivity contribution < 1.29 is 24.6 Å². The number of aromatic nitrogens is 6. The van der Waals surface area contributed by atoms with E-state index in [1.165, 1.54) is 16.6 Å². The lowest BCUT2D eigenvalue weighted by Crippen LogP contribution is -2.41. The quantitative estimate of drug-likeness (QED) is 0.226. The molecule has 0 aliphatic heterocycles. The molecule has 0 spiro atoms. The van der Waals surface area contributed by atoms with Gasteiger partial charge in [0.2, 0.25) is 0 Å². The fourth-order valence-electron chi connectivity index (χ4n) is 3.18. The van der Waals surface area contributed by atoms with Crippen molar-refractivity contribution in [2.75, 3.05) is 11.1 Å². The van der Waals surface area contributed by atoms with Gasteiger partial charge in [-0.3, -0.25) is 9.59 Å². The molecule has 4 aromatic rings. The number of nitrogen functional groups attached to an aromatic ring is 1. The number of nitrogens with zero attached hydrogens (tertiary/aromatic N) is 6. The zero-order chi connectivity index (χ0) is 24.2. The standard InChI is InChI=1S/C20H19N9O5/c21-17-16-13(25-20-26-27-28-29(17)20)6-5-12(23-16)9-22-11-3-1-10(2-4-11)18(32)24-14(19(33)34)7-8-15(30)31/h1-6,14,22H,7-9,21H2,(H,24,32)(H,30,31)(H,33,34). The number of nitrogens with two attached hydrogens (primary N) is 1. The van der Waals surface area contributed by atoms with Crippen LogP contribution in [0.3, 0.4) is 0 Å². The predicted molar refractivity (Wildman–Crippen MR) is 118 cm³/mol. The van der Waals surface area contributed by atoms with Crippen molar-refractivity contribution in [1.29, 1.82) is 0 Å². The van der Waals surface area contributed by atoms with Crippen LogP contribution in [-0.4, -0.2) is 64.1 Å². The topological polar surface area (TPSA) is 211 Å². The molecule has 174 valence electrons. The van der Waals surface area contributed by atoms with Crippen LogP contribution >= 0.6 is 0 Å². The molecule has 4 rings (SSSR count). The molecule has 3 heterocycles. The fraction of sp³-hybridized carbons (Fsp3) is 0.200. The monoisotopic (exact) mass is 465 g/mol. The molecule has 0 saturated heterocycles. The second-order valence-corrected chi connectivity index (χ2v) is 7.29. The van der Waals surface area contributed by atoms with Crippen LogP contribution in [0.1, 0.15) is 28.9 Å². The second-order valence-electron chi connectivity index (χ2n) is 7.29. The number of amides is 1. The van der Waals surface area contributed by atoms with Gasteiger partial charge in [-0.2, -0.15) is 4.52 Å². The summed E-state index contributed by atoms with van der Waals surface area (Å²) in [4.78, 5) is 43.1. The maximum absolute atomic E-state index is 12.3. The molecule has 6 N–H and O–H groups in total. The average Bonchev–Trinajstić information content (AvgIpc) is 3.29. The zero-order valence-electron chi connectivity index (χ0n) is 17.5.